The second-order valence-corrected chi connectivity index (χ2v) is 5.75. The van der Waals surface area contributed by atoms with Gasteiger partial charge in [-0.1, -0.05) is 34.1 Å². The third-order valence-corrected chi connectivity index (χ3v) is 3.69. The molecule has 0 spiro atoms. The van der Waals surface area contributed by atoms with Crippen molar-refractivity contribution in [1.82, 2.24) is 14.8 Å². The number of benzene rings is 2. The van der Waals surface area contributed by atoms with Crippen LogP contribution >= 0.6 is 15.9 Å². The first kappa shape index (κ1) is 14.0. The maximum atomic E-state index is 5.81. The summed E-state index contributed by atoms with van der Waals surface area (Å²) in [5, 5.41) is 8.55. The van der Waals surface area contributed by atoms with Gasteiger partial charge in [-0.25, -0.2) is 0 Å². The second-order valence-electron chi connectivity index (χ2n) is 4.83. The second kappa shape index (κ2) is 5.79. The van der Waals surface area contributed by atoms with Crippen molar-refractivity contribution in [3.05, 3.63) is 64.4 Å². The fourth-order valence-corrected chi connectivity index (χ4v) is 2.96. The van der Waals surface area contributed by atoms with Crippen molar-refractivity contribution in [2.75, 3.05) is 0 Å². The van der Waals surface area contributed by atoms with Crippen LogP contribution in [-0.2, 0) is 6.54 Å². The monoisotopic (exact) mass is 342 g/mol. The van der Waals surface area contributed by atoms with Crippen molar-refractivity contribution in [1.29, 1.82) is 0 Å². The molecule has 0 amide bonds. The Hall–Kier alpha value is -1.98. The highest BCUT2D eigenvalue weighted by atomic mass is 79.9. The standard InChI is InChI=1S/C16H15BrN4/c1-11-7-12(9-13(17)8-11)16-20-19-15(10-18)21(16)14-5-3-2-4-6-14/h2-9H,10,18H2,1H3. The van der Waals surface area contributed by atoms with Crippen LogP contribution in [0.2, 0.25) is 0 Å². The van der Waals surface area contributed by atoms with Gasteiger partial charge in [0.05, 0.1) is 6.54 Å². The number of hydrogen-bond donors (Lipinski definition) is 1. The molecule has 3 rings (SSSR count). The molecule has 0 aliphatic heterocycles. The van der Waals surface area contributed by atoms with E-state index in [9.17, 15) is 0 Å². The molecule has 0 saturated heterocycles. The Morgan fingerprint density at radius 1 is 1.10 bits per heavy atom. The zero-order valence-electron chi connectivity index (χ0n) is 11.6. The fraction of sp³-hybridized carbons (Fsp3) is 0.125. The average molecular weight is 343 g/mol. The van der Waals surface area contributed by atoms with Crippen molar-refractivity contribution in [2.24, 2.45) is 5.73 Å². The van der Waals surface area contributed by atoms with Gasteiger partial charge in [0.15, 0.2) is 11.6 Å². The number of nitrogens with zero attached hydrogens (tertiary/aromatic N) is 3. The van der Waals surface area contributed by atoms with Crippen molar-refractivity contribution in [3.8, 4) is 17.1 Å². The summed E-state index contributed by atoms with van der Waals surface area (Å²) in [4.78, 5) is 0. The van der Waals surface area contributed by atoms with E-state index >= 15 is 0 Å². The molecule has 2 aromatic carbocycles. The molecule has 3 aromatic rings. The summed E-state index contributed by atoms with van der Waals surface area (Å²) in [6, 6.07) is 16.2. The summed E-state index contributed by atoms with van der Waals surface area (Å²) in [5.74, 6) is 1.54. The zero-order valence-corrected chi connectivity index (χ0v) is 13.2. The van der Waals surface area contributed by atoms with Crippen LogP contribution in [0.4, 0.5) is 0 Å². The van der Waals surface area contributed by atoms with Crippen molar-refractivity contribution in [2.45, 2.75) is 13.5 Å². The minimum Gasteiger partial charge on any atom is -0.324 e. The number of nitrogens with two attached hydrogens (primary N) is 1. The Morgan fingerprint density at radius 3 is 2.52 bits per heavy atom. The van der Waals surface area contributed by atoms with Gasteiger partial charge in [0.1, 0.15) is 0 Å². The molecule has 0 unspecified atom stereocenters. The van der Waals surface area contributed by atoms with Crippen LogP contribution in [0.15, 0.2) is 53.0 Å². The van der Waals surface area contributed by atoms with E-state index in [2.05, 4.69) is 45.2 Å². The van der Waals surface area contributed by atoms with Gasteiger partial charge in [0.25, 0.3) is 0 Å². The van der Waals surface area contributed by atoms with E-state index in [1.165, 1.54) is 0 Å². The molecule has 21 heavy (non-hydrogen) atoms. The summed E-state index contributed by atoms with van der Waals surface area (Å²) in [5.41, 5.74) is 8.99. The predicted molar refractivity (Wildman–Crippen MR) is 87.1 cm³/mol. The molecular formula is C16H15BrN4. The highest BCUT2D eigenvalue weighted by molar-refractivity contribution is 9.10. The Balaban J connectivity index is 2.22. The molecule has 0 bridgehead atoms. The molecule has 5 heteroatoms. The molecule has 0 fully saturated rings. The van der Waals surface area contributed by atoms with Crippen LogP contribution < -0.4 is 5.73 Å². The van der Waals surface area contributed by atoms with Crippen molar-refractivity contribution < 1.29 is 0 Å². The number of rotatable bonds is 3. The molecule has 1 aromatic heterocycles. The molecule has 106 valence electrons. The smallest absolute Gasteiger partial charge is 0.168 e. The summed E-state index contributed by atoms with van der Waals surface area (Å²) in [6.45, 7) is 2.40. The van der Waals surface area contributed by atoms with E-state index in [1.54, 1.807) is 0 Å². The molecule has 4 nitrogen and oxygen atoms in total. The van der Waals surface area contributed by atoms with E-state index in [1.807, 2.05) is 41.0 Å². The van der Waals surface area contributed by atoms with E-state index in [0.717, 1.165) is 32.9 Å². The number of hydrogen-bond acceptors (Lipinski definition) is 3. The van der Waals surface area contributed by atoms with Gasteiger partial charge in [-0.05, 0) is 42.8 Å². The third kappa shape index (κ3) is 2.75. The van der Waals surface area contributed by atoms with E-state index in [4.69, 9.17) is 5.73 Å². The first-order chi connectivity index (χ1) is 10.2. The summed E-state index contributed by atoms with van der Waals surface area (Å²) in [7, 11) is 0. The van der Waals surface area contributed by atoms with E-state index in [0.29, 0.717) is 6.54 Å². The van der Waals surface area contributed by atoms with Gasteiger partial charge in [-0.2, -0.15) is 0 Å². The molecule has 0 saturated carbocycles. The quantitative estimate of drug-likeness (QED) is 0.792. The number of para-hydroxylation sites is 1. The van der Waals surface area contributed by atoms with Gasteiger partial charge in [-0.15, -0.1) is 10.2 Å². The topological polar surface area (TPSA) is 56.7 Å². The van der Waals surface area contributed by atoms with Crippen LogP contribution in [0, 0.1) is 6.92 Å². The van der Waals surface area contributed by atoms with Crippen LogP contribution in [0.3, 0.4) is 0 Å². The first-order valence-electron chi connectivity index (χ1n) is 6.66. The average Bonchev–Trinajstić information content (AvgIpc) is 2.91. The fourth-order valence-electron chi connectivity index (χ4n) is 2.35. The molecular weight excluding hydrogens is 328 g/mol. The molecule has 2 N–H and O–H groups in total. The summed E-state index contributed by atoms with van der Waals surface area (Å²) in [6.07, 6.45) is 0. The Labute approximate surface area is 131 Å². The summed E-state index contributed by atoms with van der Waals surface area (Å²) >= 11 is 3.53. The normalized spacial score (nSPS) is 10.8. The van der Waals surface area contributed by atoms with Gasteiger partial charge in [-0.3, -0.25) is 4.57 Å². The highest BCUT2D eigenvalue weighted by Gasteiger charge is 2.15. The minimum absolute atomic E-state index is 0.342. The lowest BCUT2D eigenvalue weighted by Crippen LogP contribution is -2.07. The highest BCUT2D eigenvalue weighted by Crippen LogP contribution is 2.26. The Kier molecular flexibility index (Phi) is 3.86. The lowest BCUT2D eigenvalue weighted by Gasteiger charge is -2.10. The van der Waals surface area contributed by atoms with Gasteiger partial charge in [0, 0.05) is 15.7 Å². The van der Waals surface area contributed by atoms with Crippen LogP contribution in [0.25, 0.3) is 17.1 Å². The van der Waals surface area contributed by atoms with Gasteiger partial charge in [0.2, 0.25) is 0 Å². The maximum absolute atomic E-state index is 5.81. The number of aromatic nitrogens is 3. The molecule has 0 atom stereocenters. The number of aryl methyl sites for hydroxylation is 1. The lowest BCUT2D eigenvalue weighted by molar-refractivity contribution is 0.861. The zero-order chi connectivity index (χ0) is 14.8. The van der Waals surface area contributed by atoms with E-state index in [-0.39, 0.29) is 0 Å². The van der Waals surface area contributed by atoms with E-state index < -0.39 is 0 Å². The van der Waals surface area contributed by atoms with Crippen molar-refractivity contribution >= 4 is 15.9 Å². The number of halogens is 1. The molecule has 0 aliphatic carbocycles. The lowest BCUT2D eigenvalue weighted by atomic mass is 10.1. The third-order valence-electron chi connectivity index (χ3n) is 3.23. The minimum atomic E-state index is 0.342. The van der Waals surface area contributed by atoms with Crippen LogP contribution in [-0.4, -0.2) is 14.8 Å². The molecule has 0 aliphatic rings. The summed E-state index contributed by atoms with van der Waals surface area (Å²) < 4.78 is 3.02. The molecule has 1 heterocycles. The van der Waals surface area contributed by atoms with Crippen molar-refractivity contribution in [3.63, 3.8) is 0 Å². The SMILES string of the molecule is Cc1cc(Br)cc(-c2nnc(CN)n2-c2ccccc2)c1. The maximum Gasteiger partial charge on any atom is 0.168 e. The largest absolute Gasteiger partial charge is 0.324 e. The van der Waals surface area contributed by atoms with Crippen LogP contribution in [0.5, 0.6) is 0 Å². The van der Waals surface area contributed by atoms with Gasteiger partial charge < -0.3 is 5.73 Å². The first-order valence-corrected chi connectivity index (χ1v) is 7.45. The Bertz CT molecular complexity index is 745. The Morgan fingerprint density at radius 2 is 1.86 bits per heavy atom. The van der Waals surface area contributed by atoms with Crippen LogP contribution in [0.1, 0.15) is 11.4 Å². The molecule has 0 radical (unpaired) electrons. The predicted octanol–water partition coefficient (Wildman–Crippen LogP) is 3.46. The van der Waals surface area contributed by atoms with Gasteiger partial charge >= 0.3 is 0 Å².